The van der Waals surface area contributed by atoms with Crippen molar-refractivity contribution in [1.29, 1.82) is 0 Å². The lowest BCUT2D eigenvalue weighted by molar-refractivity contribution is -0.153. The first-order valence-corrected chi connectivity index (χ1v) is 8.78. The molecule has 0 heterocycles. The number of aliphatic imine (C=N–C) groups is 1. The monoisotopic (exact) mass is 539 g/mol. The number of ether oxygens (including phenoxy) is 3. The predicted molar refractivity (Wildman–Crippen MR) is 120 cm³/mol. The van der Waals surface area contributed by atoms with Crippen molar-refractivity contribution >= 4 is 29.9 Å². The lowest BCUT2D eigenvalue weighted by atomic mass is 10.2. The van der Waals surface area contributed by atoms with Gasteiger partial charge in [0.2, 0.25) is 0 Å². The van der Waals surface area contributed by atoms with Gasteiger partial charge in [-0.05, 0) is 35.4 Å². The van der Waals surface area contributed by atoms with E-state index in [1.54, 1.807) is 26.3 Å². The smallest absolute Gasteiger partial charge is 0.422 e. The molecule has 0 aromatic heterocycles. The summed E-state index contributed by atoms with van der Waals surface area (Å²) >= 11 is 0. The Labute approximate surface area is 190 Å². The summed E-state index contributed by atoms with van der Waals surface area (Å²) < 4.78 is 52.1. The average molecular weight is 539 g/mol. The van der Waals surface area contributed by atoms with E-state index in [1.165, 1.54) is 13.2 Å². The van der Waals surface area contributed by atoms with Crippen LogP contribution < -0.4 is 24.8 Å². The molecule has 2 N–H and O–H groups in total. The number of methoxy groups -OCH3 is 2. The summed E-state index contributed by atoms with van der Waals surface area (Å²) in [6.07, 6.45) is -4.41. The molecule has 0 bridgehead atoms. The van der Waals surface area contributed by atoms with Gasteiger partial charge in [0.05, 0.1) is 14.2 Å². The van der Waals surface area contributed by atoms with Gasteiger partial charge in [0.1, 0.15) is 5.75 Å². The van der Waals surface area contributed by atoms with Crippen LogP contribution in [0.15, 0.2) is 47.5 Å². The number of rotatable bonds is 8. The number of nitrogens with zero attached hydrogens (tertiary/aromatic N) is 1. The van der Waals surface area contributed by atoms with Crippen molar-refractivity contribution in [2.45, 2.75) is 19.3 Å². The molecular formula is C20H25F3IN3O3. The molecule has 6 nitrogen and oxygen atoms in total. The van der Waals surface area contributed by atoms with Crippen LogP contribution in [0, 0.1) is 0 Å². The van der Waals surface area contributed by atoms with Crippen LogP contribution in [0.2, 0.25) is 0 Å². The van der Waals surface area contributed by atoms with Gasteiger partial charge in [-0.25, -0.2) is 0 Å². The Balaban J connectivity index is 0.00000450. The molecule has 0 unspecified atom stereocenters. The summed E-state index contributed by atoms with van der Waals surface area (Å²) in [7, 11) is 4.64. The van der Waals surface area contributed by atoms with Crippen molar-refractivity contribution in [3.63, 3.8) is 0 Å². The van der Waals surface area contributed by atoms with Crippen molar-refractivity contribution in [2.24, 2.45) is 4.99 Å². The maximum absolute atomic E-state index is 12.3. The fourth-order valence-corrected chi connectivity index (χ4v) is 2.48. The summed E-state index contributed by atoms with van der Waals surface area (Å²) in [5.74, 6) is 1.61. The van der Waals surface area contributed by atoms with Gasteiger partial charge < -0.3 is 24.8 Å². The number of nitrogens with one attached hydrogen (secondary N) is 2. The summed E-state index contributed by atoms with van der Waals surface area (Å²) in [4.78, 5) is 4.16. The zero-order valence-electron chi connectivity index (χ0n) is 16.9. The number of hydrogen-bond acceptors (Lipinski definition) is 4. The highest BCUT2D eigenvalue weighted by Gasteiger charge is 2.29. The number of guanidine groups is 1. The zero-order valence-corrected chi connectivity index (χ0v) is 19.2. The second-order valence-corrected chi connectivity index (χ2v) is 6.02. The van der Waals surface area contributed by atoms with E-state index in [2.05, 4.69) is 15.6 Å². The van der Waals surface area contributed by atoms with Crippen LogP contribution in [-0.4, -0.2) is 40.0 Å². The highest BCUT2D eigenvalue weighted by Crippen LogP contribution is 2.29. The van der Waals surface area contributed by atoms with Crippen LogP contribution in [0.1, 0.15) is 11.1 Å². The molecule has 0 saturated carbocycles. The number of benzene rings is 2. The summed E-state index contributed by atoms with van der Waals surface area (Å²) in [5, 5.41) is 6.33. The van der Waals surface area contributed by atoms with Crippen molar-refractivity contribution in [3.05, 3.63) is 53.6 Å². The first-order chi connectivity index (χ1) is 13.8. The molecule has 0 spiro atoms. The minimum atomic E-state index is -4.41. The maximum Gasteiger partial charge on any atom is 0.422 e. The maximum atomic E-state index is 12.3. The second-order valence-electron chi connectivity index (χ2n) is 6.02. The largest absolute Gasteiger partial charge is 0.497 e. The molecule has 0 saturated heterocycles. The van der Waals surface area contributed by atoms with Crippen LogP contribution in [0.5, 0.6) is 17.2 Å². The van der Waals surface area contributed by atoms with Gasteiger partial charge in [-0.15, -0.1) is 24.0 Å². The van der Waals surface area contributed by atoms with E-state index in [0.717, 1.165) is 16.9 Å². The minimum Gasteiger partial charge on any atom is -0.497 e. The molecule has 2 rings (SSSR count). The van der Waals surface area contributed by atoms with E-state index in [0.29, 0.717) is 19.0 Å². The quantitative estimate of drug-likeness (QED) is 0.300. The first-order valence-electron chi connectivity index (χ1n) is 8.78. The molecule has 0 aliphatic carbocycles. The molecular weight excluding hydrogens is 514 g/mol. The van der Waals surface area contributed by atoms with Crippen LogP contribution in [0.3, 0.4) is 0 Å². The first kappa shape index (κ1) is 25.7. The second kappa shape index (κ2) is 12.4. The Morgan fingerprint density at radius 2 is 1.60 bits per heavy atom. The molecule has 0 aliphatic heterocycles. The van der Waals surface area contributed by atoms with Gasteiger partial charge in [-0.3, -0.25) is 4.99 Å². The lowest BCUT2D eigenvalue weighted by Gasteiger charge is -2.15. The van der Waals surface area contributed by atoms with Gasteiger partial charge in [0.15, 0.2) is 24.1 Å². The number of hydrogen-bond donors (Lipinski definition) is 2. The van der Waals surface area contributed by atoms with E-state index >= 15 is 0 Å². The predicted octanol–water partition coefficient (Wildman–Crippen LogP) is 4.13. The third-order valence-corrected chi connectivity index (χ3v) is 3.90. The SMILES string of the molecule is CN=C(NCc1cccc(OC)c1)NCc1ccc(OCC(F)(F)F)c(OC)c1.I. The molecule has 2 aromatic rings. The zero-order chi connectivity index (χ0) is 21.3. The highest BCUT2D eigenvalue weighted by atomic mass is 127. The normalized spacial score (nSPS) is 11.3. The van der Waals surface area contributed by atoms with Gasteiger partial charge in [-0.2, -0.15) is 13.2 Å². The molecule has 10 heteroatoms. The van der Waals surface area contributed by atoms with E-state index in [1.807, 2.05) is 24.3 Å². The number of halogens is 4. The molecule has 2 aromatic carbocycles. The highest BCUT2D eigenvalue weighted by molar-refractivity contribution is 14.0. The van der Waals surface area contributed by atoms with Gasteiger partial charge in [0, 0.05) is 20.1 Å². The fraction of sp³-hybridized carbons (Fsp3) is 0.350. The van der Waals surface area contributed by atoms with E-state index in [9.17, 15) is 13.2 Å². The molecule has 0 amide bonds. The minimum absolute atomic E-state index is 0. The van der Waals surface area contributed by atoms with E-state index in [-0.39, 0.29) is 35.5 Å². The van der Waals surface area contributed by atoms with Gasteiger partial charge in [0.25, 0.3) is 0 Å². The van der Waals surface area contributed by atoms with Crippen LogP contribution in [0.25, 0.3) is 0 Å². The Bertz CT molecular complexity index is 832. The van der Waals surface area contributed by atoms with E-state index in [4.69, 9.17) is 14.2 Å². The summed E-state index contributed by atoms with van der Waals surface area (Å²) in [5.41, 5.74) is 1.82. The van der Waals surface area contributed by atoms with Gasteiger partial charge in [-0.1, -0.05) is 18.2 Å². The lowest BCUT2D eigenvalue weighted by Crippen LogP contribution is -2.36. The molecule has 0 aliphatic rings. The fourth-order valence-electron chi connectivity index (χ4n) is 2.48. The average Bonchev–Trinajstić information content (AvgIpc) is 2.72. The Kier molecular flexibility index (Phi) is 10.6. The molecule has 0 fully saturated rings. The Hall–Kier alpha value is -2.37. The topological polar surface area (TPSA) is 64.1 Å². The third-order valence-electron chi connectivity index (χ3n) is 3.90. The Morgan fingerprint density at radius 3 is 2.17 bits per heavy atom. The molecule has 166 valence electrons. The van der Waals surface area contributed by atoms with Crippen molar-refractivity contribution in [2.75, 3.05) is 27.9 Å². The Morgan fingerprint density at radius 1 is 0.933 bits per heavy atom. The van der Waals surface area contributed by atoms with Crippen LogP contribution in [-0.2, 0) is 13.1 Å². The van der Waals surface area contributed by atoms with Crippen molar-refractivity contribution < 1.29 is 27.4 Å². The van der Waals surface area contributed by atoms with Crippen LogP contribution >= 0.6 is 24.0 Å². The number of alkyl halides is 3. The van der Waals surface area contributed by atoms with Crippen LogP contribution in [0.4, 0.5) is 13.2 Å². The van der Waals surface area contributed by atoms with Crippen molar-refractivity contribution in [3.8, 4) is 17.2 Å². The summed E-state index contributed by atoms with van der Waals surface area (Å²) in [6.45, 7) is -0.431. The molecule has 0 radical (unpaired) electrons. The van der Waals surface area contributed by atoms with E-state index < -0.39 is 12.8 Å². The molecule has 0 atom stereocenters. The summed E-state index contributed by atoms with van der Waals surface area (Å²) in [6, 6.07) is 12.4. The van der Waals surface area contributed by atoms with Crippen molar-refractivity contribution in [1.82, 2.24) is 10.6 Å². The molecule has 30 heavy (non-hydrogen) atoms. The standard InChI is InChI=1S/C20H24F3N3O3.HI/c1-24-19(25-11-14-5-4-6-16(9-14)27-2)26-12-15-7-8-17(18(10-15)28-3)29-13-20(21,22)23;/h4-10H,11-13H2,1-3H3,(H2,24,25,26);1H. The van der Waals surface area contributed by atoms with Gasteiger partial charge >= 0.3 is 6.18 Å². The third kappa shape index (κ3) is 8.56.